The molecule has 1 aromatic heterocycles. The number of rotatable bonds is 4. The van der Waals surface area contributed by atoms with Gasteiger partial charge in [0.2, 0.25) is 0 Å². The van der Waals surface area contributed by atoms with E-state index in [0.29, 0.717) is 0 Å². The third-order valence-electron chi connectivity index (χ3n) is 4.89. The predicted molar refractivity (Wildman–Crippen MR) is 104 cm³/mol. The van der Waals surface area contributed by atoms with Crippen LogP contribution in [-0.2, 0) is 6.54 Å². The molecule has 1 aliphatic rings. The van der Waals surface area contributed by atoms with Crippen molar-refractivity contribution in [3.8, 4) is 0 Å². The van der Waals surface area contributed by atoms with Gasteiger partial charge in [0.05, 0.1) is 18.1 Å². The highest BCUT2D eigenvalue weighted by Crippen LogP contribution is 2.16. The van der Waals surface area contributed by atoms with E-state index in [-0.39, 0.29) is 6.03 Å². The molecule has 0 N–H and O–H groups in total. The van der Waals surface area contributed by atoms with Crippen molar-refractivity contribution in [3.05, 3.63) is 60.1 Å². The lowest BCUT2D eigenvalue weighted by atomic mass is 10.1. The van der Waals surface area contributed by atoms with E-state index in [0.717, 1.165) is 44.1 Å². The van der Waals surface area contributed by atoms with Crippen LogP contribution in [0.1, 0.15) is 18.1 Å². The zero-order valence-corrected chi connectivity index (χ0v) is 15.9. The van der Waals surface area contributed by atoms with Gasteiger partial charge >= 0.3 is 6.03 Å². The van der Waals surface area contributed by atoms with E-state index in [1.165, 1.54) is 15.8 Å². The van der Waals surface area contributed by atoms with Crippen LogP contribution in [0.5, 0.6) is 0 Å². The van der Waals surface area contributed by atoms with Gasteiger partial charge in [0.15, 0.2) is 0 Å². The Morgan fingerprint density at radius 2 is 1.85 bits per heavy atom. The van der Waals surface area contributed by atoms with Crippen LogP contribution in [-0.4, -0.2) is 58.8 Å². The summed E-state index contributed by atoms with van der Waals surface area (Å²) in [6.45, 7) is 12.0. The van der Waals surface area contributed by atoms with Crippen LogP contribution in [0.15, 0.2) is 48.9 Å². The molecule has 0 unspecified atom stereocenters. The predicted octanol–water partition coefficient (Wildman–Crippen LogP) is 2.95. The fraction of sp³-hybridized carbons (Fsp3) is 0.400. The van der Waals surface area contributed by atoms with Gasteiger partial charge in [0.25, 0.3) is 0 Å². The summed E-state index contributed by atoms with van der Waals surface area (Å²) in [6.07, 6.45) is 3.45. The van der Waals surface area contributed by atoms with Crippen molar-refractivity contribution >= 4 is 11.7 Å². The Bertz CT molecular complexity index is 772. The highest BCUT2D eigenvalue weighted by Gasteiger charge is 2.23. The summed E-state index contributed by atoms with van der Waals surface area (Å²) in [7, 11) is 1.91. The van der Waals surface area contributed by atoms with E-state index in [1.807, 2.05) is 23.8 Å². The minimum absolute atomic E-state index is 0.0682. The van der Waals surface area contributed by atoms with Crippen LogP contribution in [0.4, 0.5) is 10.5 Å². The minimum atomic E-state index is -0.0682. The highest BCUT2D eigenvalue weighted by atomic mass is 16.2. The number of anilines is 1. The standard InChI is InChI=1S/C20H27N5O/c1-16(2)22(4)19-13-21-25(15-19)20(26)24-11-9-23(10-12-24)14-18-7-5-17(3)6-8-18/h5-8,13,15H,1,9-12,14H2,2-4H3. The molecule has 0 aliphatic carbocycles. The summed E-state index contributed by atoms with van der Waals surface area (Å²) in [5.41, 5.74) is 4.36. The van der Waals surface area contributed by atoms with Gasteiger partial charge in [0, 0.05) is 45.5 Å². The molecule has 0 spiro atoms. The molecule has 1 saturated heterocycles. The second-order valence-corrected chi connectivity index (χ2v) is 6.97. The van der Waals surface area contributed by atoms with Crippen molar-refractivity contribution in [2.45, 2.75) is 20.4 Å². The second kappa shape index (κ2) is 7.74. The summed E-state index contributed by atoms with van der Waals surface area (Å²) in [5, 5.41) is 4.22. The molecule has 6 nitrogen and oxygen atoms in total. The first-order valence-corrected chi connectivity index (χ1v) is 8.95. The van der Waals surface area contributed by atoms with E-state index < -0.39 is 0 Å². The van der Waals surface area contributed by atoms with Crippen LogP contribution in [0, 0.1) is 6.92 Å². The topological polar surface area (TPSA) is 44.6 Å². The normalized spacial score (nSPS) is 15.1. The number of aryl methyl sites for hydroxylation is 1. The van der Waals surface area contributed by atoms with E-state index in [1.54, 1.807) is 12.4 Å². The number of benzene rings is 1. The monoisotopic (exact) mass is 353 g/mol. The lowest BCUT2D eigenvalue weighted by molar-refractivity contribution is 0.134. The Labute approximate surface area is 155 Å². The van der Waals surface area contributed by atoms with Crippen LogP contribution in [0.2, 0.25) is 0 Å². The van der Waals surface area contributed by atoms with Crippen molar-refractivity contribution in [3.63, 3.8) is 0 Å². The maximum Gasteiger partial charge on any atom is 0.344 e. The molecule has 1 aromatic carbocycles. The lowest BCUT2D eigenvalue weighted by Crippen LogP contribution is -2.49. The van der Waals surface area contributed by atoms with Gasteiger partial charge < -0.3 is 9.80 Å². The van der Waals surface area contributed by atoms with E-state index in [9.17, 15) is 4.79 Å². The number of amides is 1. The zero-order chi connectivity index (χ0) is 18.7. The van der Waals surface area contributed by atoms with Crippen LogP contribution < -0.4 is 4.90 Å². The molecule has 26 heavy (non-hydrogen) atoms. The molecule has 0 bridgehead atoms. The van der Waals surface area contributed by atoms with Crippen molar-refractivity contribution in [2.24, 2.45) is 0 Å². The molecule has 3 rings (SSSR count). The van der Waals surface area contributed by atoms with Gasteiger partial charge in [-0.2, -0.15) is 9.78 Å². The molecular weight excluding hydrogens is 326 g/mol. The largest absolute Gasteiger partial charge is 0.347 e. The average molecular weight is 353 g/mol. The van der Waals surface area contributed by atoms with Gasteiger partial charge in [-0.15, -0.1) is 0 Å². The maximum absolute atomic E-state index is 12.7. The summed E-state index contributed by atoms with van der Waals surface area (Å²) in [4.78, 5) is 18.8. The van der Waals surface area contributed by atoms with Crippen LogP contribution >= 0.6 is 0 Å². The first-order chi connectivity index (χ1) is 12.4. The lowest BCUT2D eigenvalue weighted by Gasteiger charge is -2.34. The van der Waals surface area contributed by atoms with Crippen molar-refractivity contribution < 1.29 is 4.79 Å². The Balaban J connectivity index is 1.55. The smallest absolute Gasteiger partial charge is 0.344 e. The third kappa shape index (κ3) is 4.14. The first-order valence-electron chi connectivity index (χ1n) is 8.95. The fourth-order valence-electron chi connectivity index (χ4n) is 3.01. The molecule has 1 aliphatic heterocycles. The van der Waals surface area contributed by atoms with Crippen molar-refractivity contribution in [1.82, 2.24) is 19.6 Å². The molecule has 138 valence electrons. The van der Waals surface area contributed by atoms with Crippen LogP contribution in [0.25, 0.3) is 0 Å². The maximum atomic E-state index is 12.7. The number of piperazine rings is 1. The number of hydrogen-bond donors (Lipinski definition) is 0. The van der Waals surface area contributed by atoms with E-state index in [4.69, 9.17) is 0 Å². The summed E-state index contributed by atoms with van der Waals surface area (Å²) in [5.74, 6) is 0. The second-order valence-electron chi connectivity index (χ2n) is 6.97. The van der Waals surface area contributed by atoms with Gasteiger partial charge in [-0.1, -0.05) is 36.4 Å². The minimum Gasteiger partial charge on any atom is -0.347 e. The number of hydrogen-bond acceptors (Lipinski definition) is 4. The number of carbonyl (C=O) groups excluding carboxylic acids is 1. The fourth-order valence-corrected chi connectivity index (χ4v) is 3.01. The molecule has 0 saturated carbocycles. The molecule has 0 atom stereocenters. The van der Waals surface area contributed by atoms with Gasteiger partial charge in [0.1, 0.15) is 0 Å². The van der Waals surface area contributed by atoms with Gasteiger partial charge in [-0.25, -0.2) is 4.79 Å². The molecule has 6 heteroatoms. The number of carbonyl (C=O) groups is 1. The number of allylic oxidation sites excluding steroid dienone is 1. The molecular formula is C20H27N5O. The van der Waals surface area contributed by atoms with Crippen LogP contribution in [0.3, 0.4) is 0 Å². The number of aromatic nitrogens is 2. The Kier molecular flexibility index (Phi) is 5.42. The van der Waals surface area contributed by atoms with E-state index in [2.05, 4.69) is 47.8 Å². The third-order valence-corrected chi connectivity index (χ3v) is 4.89. The SMILES string of the molecule is C=C(C)N(C)c1cnn(C(=O)N2CCN(Cc3ccc(C)cc3)CC2)c1. The average Bonchev–Trinajstić information content (AvgIpc) is 3.13. The number of nitrogens with zero attached hydrogens (tertiary/aromatic N) is 5. The molecule has 2 aromatic rings. The molecule has 1 amide bonds. The summed E-state index contributed by atoms with van der Waals surface area (Å²) in [6, 6.07) is 8.58. The molecule has 0 radical (unpaired) electrons. The zero-order valence-electron chi connectivity index (χ0n) is 15.9. The Hall–Kier alpha value is -2.60. The van der Waals surface area contributed by atoms with Crippen molar-refractivity contribution in [2.75, 3.05) is 38.1 Å². The first kappa shape index (κ1) is 18.2. The summed E-state index contributed by atoms with van der Waals surface area (Å²) >= 11 is 0. The molecule has 1 fully saturated rings. The van der Waals surface area contributed by atoms with Gasteiger partial charge in [-0.3, -0.25) is 4.90 Å². The Morgan fingerprint density at radius 3 is 2.46 bits per heavy atom. The van der Waals surface area contributed by atoms with Gasteiger partial charge in [-0.05, 0) is 19.4 Å². The molecule has 2 heterocycles. The highest BCUT2D eigenvalue weighted by molar-refractivity contribution is 5.77. The Morgan fingerprint density at radius 1 is 1.19 bits per heavy atom. The van der Waals surface area contributed by atoms with E-state index >= 15 is 0 Å². The summed E-state index contributed by atoms with van der Waals surface area (Å²) < 4.78 is 1.42. The van der Waals surface area contributed by atoms with Crippen molar-refractivity contribution in [1.29, 1.82) is 0 Å². The quantitative estimate of drug-likeness (QED) is 0.848.